The van der Waals surface area contributed by atoms with Crippen molar-refractivity contribution in [3.63, 3.8) is 0 Å². The average molecular weight is 661 g/mol. The molecule has 6 rings (SSSR count). The first-order valence-electron chi connectivity index (χ1n) is 17.5. The van der Waals surface area contributed by atoms with Crippen molar-refractivity contribution in [3.8, 4) is 0 Å². The van der Waals surface area contributed by atoms with E-state index in [-0.39, 0.29) is 51.8 Å². The smallest absolute Gasteiger partial charge is 0.373 e. The van der Waals surface area contributed by atoms with Crippen LogP contribution in [-0.2, 0) is 23.8 Å². The lowest BCUT2D eigenvalue weighted by Crippen LogP contribution is -2.69. The zero-order chi connectivity index (χ0) is 34.5. The molecular weight excluding hydrogens is 604 g/mol. The average Bonchev–Trinajstić information content (AvgIpc) is 3.00. The Kier molecular flexibility index (Phi) is 8.36. The Bertz CT molecular complexity index is 1360. The van der Waals surface area contributed by atoms with Gasteiger partial charge in [0.1, 0.15) is 12.2 Å². The second-order valence-electron chi connectivity index (χ2n) is 17.7. The lowest BCUT2D eigenvalue weighted by atomic mass is 9.33. The highest BCUT2D eigenvalue weighted by atomic mass is 16.7. The maximum Gasteiger partial charge on any atom is 0.373 e. The van der Waals surface area contributed by atoms with Crippen LogP contribution in [0.2, 0.25) is 0 Å². The van der Waals surface area contributed by atoms with Crippen molar-refractivity contribution in [2.75, 3.05) is 13.7 Å². The van der Waals surface area contributed by atoms with Gasteiger partial charge in [-0.05, 0) is 103 Å². The summed E-state index contributed by atoms with van der Waals surface area (Å²) in [4.78, 5) is 25.2. The van der Waals surface area contributed by atoms with Crippen LogP contribution in [0.4, 0.5) is 0 Å². The molecule has 4 fully saturated rings. The molecule has 0 aromatic heterocycles. The molecule has 5 aliphatic carbocycles. The van der Waals surface area contributed by atoms with Gasteiger partial charge < -0.3 is 39.7 Å². The van der Waals surface area contributed by atoms with E-state index in [9.17, 15) is 35.1 Å². The number of carboxylic acids is 1. The minimum atomic E-state index is -1.52. The number of hydrogen-bond donors (Lipinski definition) is 5. The number of aliphatic hydroxyl groups is 4. The highest BCUT2D eigenvalue weighted by Crippen LogP contribution is 2.76. The van der Waals surface area contributed by atoms with E-state index in [4.69, 9.17) is 14.2 Å². The van der Waals surface area contributed by atoms with Gasteiger partial charge in [0.2, 0.25) is 12.0 Å². The topological polar surface area (TPSA) is 163 Å². The van der Waals surface area contributed by atoms with Crippen molar-refractivity contribution in [1.29, 1.82) is 0 Å². The van der Waals surface area contributed by atoms with Crippen LogP contribution in [0.5, 0.6) is 0 Å². The van der Waals surface area contributed by atoms with Gasteiger partial charge in [-0.2, -0.15) is 0 Å². The van der Waals surface area contributed by atoms with Gasteiger partial charge in [0.15, 0.2) is 0 Å². The lowest BCUT2D eigenvalue weighted by molar-refractivity contribution is -0.303. The molecule has 10 nitrogen and oxygen atoms in total. The van der Waals surface area contributed by atoms with Crippen LogP contribution in [0.15, 0.2) is 23.5 Å². The molecule has 0 aromatic rings. The maximum absolute atomic E-state index is 13.0. The number of ether oxygens (including phenoxy) is 3. The highest BCUT2D eigenvalue weighted by Gasteiger charge is 2.71. The van der Waals surface area contributed by atoms with Crippen LogP contribution in [0.25, 0.3) is 0 Å². The van der Waals surface area contributed by atoms with Gasteiger partial charge in [-0.3, -0.25) is 4.79 Å². The van der Waals surface area contributed by atoms with E-state index < -0.39 is 53.5 Å². The molecule has 47 heavy (non-hydrogen) atoms. The Labute approximate surface area is 278 Å². The third-order valence-electron chi connectivity index (χ3n) is 15.0. The lowest BCUT2D eigenvalue weighted by Gasteiger charge is -2.71. The first kappa shape index (κ1) is 34.9. The molecule has 0 radical (unpaired) electrons. The number of rotatable bonds is 5. The number of fused-ring (bicyclic) bond motifs is 7. The molecule has 13 atom stereocenters. The van der Waals surface area contributed by atoms with E-state index in [2.05, 4.69) is 40.7 Å². The molecule has 0 bridgehead atoms. The molecule has 1 heterocycles. The molecule has 0 aromatic carbocycles. The molecular formula is C37H56O10. The monoisotopic (exact) mass is 660 g/mol. The molecule has 4 saturated carbocycles. The third-order valence-corrected chi connectivity index (χ3v) is 15.0. The molecule has 0 saturated heterocycles. The first-order chi connectivity index (χ1) is 21.8. The van der Waals surface area contributed by atoms with E-state index in [1.807, 2.05) is 6.92 Å². The highest BCUT2D eigenvalue weighted by molar-refractivity contribution is 5.86. The number of allylic oxidation sites excluding steroid dienone is 2. The van der Waals surface area contributed by atoms with Crippen molar-refractivity contribution in [2.24, 2.45) is 50.2 Å². The van der Waals surface area contributed by atoms with Gasteiger partial charge in [0, 0.05) is 5.41 Å². The number of methoxy groups -OCH3 is 1. The molecule has 1 aliphatic heterocycles. The van der Waals surface area contributed by atoms with Crippen LogP contribution < -0.4 is 0 Å². The molecule has 6 aliphatic rings. The fourth-order valence-electron chi connectivity index (χ4n) is 12.1. The molecule has 5 N–H and O–H groups in total. The molecule has 0 unspecified atom stereocenters. The van der Waals surface area contributed by atoms with E-state index >= 15 is 0 Å². The number of hydrogen-bond acceptors (Lipinski definition) is 9. The van der Waals surface area contributed by atoms with Gasteiger partial charge >= 0.3 is 11.9 Å². The van der Waals surface area contributed by atoms with E-state index in [0.717, 1.165) is 44.6 Å². The first-order valence-corrected chi connectivity index (χ1v) is 17.5. The summed E-state index contributed by atoms with van der Waals surface area (Å²) in [6.07, 6.45) is 3.90. The Morgan fingerprint density at radius 2 is 1.64 bits per heavy atom. The van der Waals surface area contributed by atoms with Crippen molar-refractivity contribution >= 4 is 11.9 Å². The Morgan fingerprint density at radius 1 is 0.957 bits per heavy atom. The van der Waals surface area contributed by atoms with Gasteiger partial charge in [0.05, 0.1) is 31.3 Å². The van der Waals surface area contributed by atoms with Crippen molar-refractivity contribution < 1.29 is 49.3 Å². The third kappa shape index (κ3) is 4.82. The largest absolute Gasteiger partial charge is 0.481 e. The Morgan fingerprint density at radius 3 is 2.28 bits per heavy atom. The van der Waals surface area contributed by atoms with Crippen molar-refractivity contribution in [2.45, 2.75) is 130 Å². The van der Waals surface area contributed by atoms with Gasteiger partial charge in [-0.15, -0.1) is 0 Å². The summed E-state index contributed by atoms with van der Waals surface area (Å²) in [6.45, 7) is 13.2. The summed E-state index contributed by atoms with van der Waals surface area (Å²) < 4.78 is 16.7. The van der Waals surface area contributed by atoms with Gasteiger partial charge in [-0.1, -0.05) is 53.2 Å². The van der Waals surface area contributed by atoms with Crippen molar-refractivity contribution in [1.82, 2.24) is 0 Å². The second kappa shape index (κ2) is 11.3. The number of aliphatic carboxylic acids is 1. The van der Waals surface area contributed by atoms with Gasteiger partial charge in [0.25, 0.3) is 0 Å². The zero-order valence-electron chi connectivity index (χ0n) is 29.1. The second-order valence-corrected chi connectivity index (χ2v) is 17.7. The normalized spacial score (nSPS) is 50.3. The molecule has 0 amide bonds. The predicted octanol–water partition coefficient (Wildman–Crippen LogP) is 4.34. The summed E-state index contributed by atoms with van der Waals surface area (Å²) in [5.74, 6) is -1.64. The minimum Gasteiger partial charge on any atom is -0.481 e. The fraction of sp³-hybridized carbons (Fsp3) is 0.838. The number of aliphatic hydroxyl groups excluding tert-OH is 4. The molecule has 0 spiro atoms. The van der Waals surface area contributed by atoms with E-state index in [1.165, 1.54) is 12.7 Å². The standard InChI is InChI=1S/C37H56O10/c1-32(2)12-14-37(31(43)44)15-13-35(5)20(21(37)17-32)8-9-26-33(3)18-23(40)28(34(4,19-38)25(33)10-11-36(26,35)6)47-30-27(41)22(39)16-24(46-30)29(42)45-7/h8,16,21-23,25-28,30,38-41H,9-15,17-19H2,1-7H3,(H,43,44)/t21-,22-,23-,25+,26+,27+,28-,30-,33-,34-,35+,36+,37-/m0/s1. The van der Waals surface area contributed by atoms with Crippen LogP contribution >= 0.6 is 0 Å². The maximum atomic E-state index is 13.0. The number of carboxylic acid groups (broad SMARTS) is 1. The SMILES string of the molecule is COC(=O)C1=C[C@H](O)[C@@H](O)[C@H](O[C@H]2[C@@H](O)C[C@@]3(C)[C@@H](CC[C@]4(C)[C@@H]3CC=C3[C@@H]5CC(C)(C)CC[C@]5(C(=O)O)CC[C@]34C)[C@]2(C)CO)O1. The van der Waals surface area contributed by atoms with Crippen LogP contribution in [-0.4, -0.2) is 81.9 Å². The number of esters is 1. The quantitative estimate of drug-likeness (QED) is 0.212. The van der Waals surface area contributed by atoms with Crippen LogP contribution in [0.3, 0.4) is 0 Å². The fourth-order valence-corrected chi connectivity index (χ4v) is 12.1. The van der Waals surface area contributed by atoms with Crippen LogP contribution in [0.1, 0.15) is 99.3 Å². The summed E-state index contributed by atoms with van der Waals surface area (Å²) in [6, 6.07) is 0. The van der Waals surface area contributed by atoms with E-state index in [0.29, 0.717) is 19.3 Å². The van der Waals surface area contributed by atoms with Crippen LogP contribution in [0, 0.1) is 50.2 Å². The summed E-state index contributed by atoms with van der Waals surface area (Å²) in [5.41, 5.74) is -0.961. The Balaban J connectivity index is 1.34. The van der Waals surface area contributed by atoms with Gasteiger partial charge in [-0.25, -0.2) is 4.79 Å². The Hall–Kier alpha value is -1.98. The summed E-state index contributed by atoms with van der Waals surface area (Å²) in [7, 11) is 1.18. The molecule has 10 heteroatoms. The summed E-state index contributed by atoms with van der Waals surface area (Å²) in [5, 5.41) is 54.8. The van der Waals surface area contributed by atoms with E-state index in [1.54, 1.807) is 0 Å². The number of carbonyl (C=O) groups excluding carboxylic acids is 1. The van der Waals surface area contributed by atoms with Crippen molar-refractivity contribution in [3.05, 3.63) is 23.5 Å². The predicted molar refractivity (Wildman–Crippen MR) is 171 cm³/mol. The molecule has 264 valence electrons. The zero-order valence-corrected chi connectivity index (χ0v) is 29.1. The summed E-state index contributed by atoms with van der Waals surface area (Å²) >= 11 is 0. The minimum absolute atomic E-state index is 0.00411. The number of carbonyl (C=O) groups is 2.